The van der Waals surface area contributed by atoms with Crippen molar-refractivity contribution < 1.29 is 4.79 Å². The van der Waals surface area contributed by atoms with Gasteiger partial charge in [0.25, 0.3) is 0 Å². The van der Waals surface area contributed by atoms with E-state index in [2.05, 4.69) is 0 Å². The zero-order valence-electron chi connectivity index (χ0n) is 11.7. The number of ketones is 1. The lowest BCUT2D eigenvalue weighted by Crippen LogP contribution is -2.15. The second-order valence-corrected chi connectivity index (χ2v) is 5.21. The van der Waals surface area contributed by atoms with Crippen LogP contribution in [0.3, 0.4) is 0 Å². The fraction of sp³-hybridized carbons (Fsp3) is 0.105. The van der Waals surface area contributed by atoms with Gasteiger partial charge in [-0.05, 0) is 22.4 Å². The zero-order chi connectivity index (χ0) is 14.7. The number of fused-ring (bicyclic) bond motifs is 1. The first-order chi connectivity index (χ1) is 10.2. The summed E-state index contributed by atoms with van der Waals surface area (Å²) in [5.41, 5.74) is 7.84. The number of rotatable bonds is 4. The first kappa shape index (κ1) is 13.5. The van der Waals surface area contributed by atoms with Crippen LogP contribution in [0.1, 0.15) is 28.4 Å². The Bertz CT molecular complexity index is 765. The second kappa shape index (κ2) is 5.90. The minimum absolute atomic E-state index is 0.0807. The number of benzene rings is 3. The van der Waals surface area contributed by atoms with Crippen molar-refractivity contribution in [1.82, 2.24) is 0 Å². The normalized spacial score (nSPS) is 12.2. The summed E-state index contributed by atoms with van der Waals surface area (Å²) in [7, 11) is 0. The van der Waals surface area contributed by atoms with Crippen molar-refractivity contribution in [3.63, 3.8) is 0 Å². The Hall–Kier alpha value is -2.45. The Labute approximate surface area is 124 Å². The molecule has 1 unspecified atom stereocenters. The Morgan fingerprint density at radius 2 is 1.52 bits per heavy atom. The molecule has 0 amide bonds. The van der Waals surface area contributed by atoms with Gasteiger partial charge in [0.05, 0.1) is 0 Å². The number of hydrogen-bond donors (Lipinski definition) is 1. The third-order valence-corrected chi connectivity index (χ3v) is 3.70. The van der Waals surface area contributed by atoms with E-state index in [4.69, 9.17) is 5.73 Å². The molecule has 0 aliphatic rings. The largest absolute Gasteiger partial charge is 0.324 e. The molecule has 0 radical (unpaired) electrons. The van der Waals surface area contributed by atoms with Crippen molar-refractivity contribution in [1.29, 1.82) is 0 Å². The van der Waals surface area contributed by atoms with Crippen LogP contribution in [0.5, 0.6) is 0 Å². The van der Waals surface area contributed by atoms with Crippen molar-refractivity contribution in [2.75, 3.05) is 0 Å². The summed E-state index contributed by atoms with van der Waals surface area (Å²) in [5, 5.41) is 2.22. The van der Waals surface area contributed by atoms with Crippen LogP contribution < -0.4 is 5.73 Å². The van der Waals surface area contributed by atoms with Crippen LogP contribution in [0, 0.1) is 0 Å². The maximum absolute atomic E-state index is 12.4. The molecule has 0 bridgehead atoms. The van der Waals surface area contributed by atoms with Gasteiger partial charge in [-0.2, -0.15) is 0 Å². The van der Waals surface area contributed by atoms with E-state index in [0.717, 1.165) is 21.9 Å². The van der Waals surface area contributed by atoms with Gasteiger partial charge in [0, 0.05) is 18.0 Å². The summed E-state index contributed by atoms with van der Waals surface area (Å²) in [5.74, 6) is 0.0807. The summed E-state index contributed by atoms with van der Waals surface area (Å²) in [4.78, 5) is 12.4. The molecule has 2 N–H and O–H groups in total. The van der Waals surface area contributed by atoms with Gasteiger partial charge in [0.2, 0.25) is 0 Å². The molecule has 0 heterocycles. The highest BCUT2D eigenvalue weighted by molar-refractivity contribution is 6.00. The molecule has 0 aliphatic heterocycles. The zero-order valence-corrected chi connectivity index (χ0v) is 11.7. The van der Waals surface area contributed by atoms with Crippen LogP contribution in [-0.2, 0) is 0 Å². The minimum Gasteiger partial charge on any atom is -0.324 e. The monoisotopic (exact) mass is 275 g/mol. The average Bonchev–Trinajstić information content (AvgIpc) is 2.55. The third kappa shape index (κ3) is 3.01. The smallest absolute Gasteiger partial charge is 0.164 e. The van der Waals surface area contributed by atoms with E-state index >= 15 is 0 Å². The molecular weight excluding hydrogens is 258 g/mol. The summed E-state index contributed by atoms with van der Waals surface area (Å²) in [6, 6.07) is 23.3. The fourth-order valence-electron chi connectivity index (χ4n) is 2.50. The van der Waals surface area contributed by atoms with Gasteiger partial charge in [-0.25, -0.2) is 0 Å². The van der Waals surface area contributed by atoms with Crippen LogP contribution in [0.2, 0.25) is 0 Å². The van der Waals surface area contributed by atoms with Crippen molar-refractivity contribution in [3.8, 4) is 0 Å². The second-order valence-electron chi connectivity index (χ2n) is 5.21. The molecular formula is C19H17NO. The quantitative estimate of drug-likeness (QED) is 0.728. The molecule has 3 aromatic rings. The predicted molar refractivity (Wildman–Crippen MR) is 86.3 cm³/mol. The number of Topliss-reactive ketones (excluding diaryl/α,β-unsaturated/α-hetero) is 1. The maximum atomic E-state index is 12.4. The SMILES string of the molecule is NC(CC(=O)c1ccc2ccccc2c1)c1ccccc1. The van der Waals surface area contributed by atoms with E-state index in [1.807, 2.05) is 72.8 Å². The molecule has 3 aromatic carbocycles. The van der Waals surface area contributed by atoms with E-state index < -0.39 is 0 Å². The van der Waals surface area contributed by atoms with Gasteiger partial charge in [-0.1, -0.05) is 66.7 Å². The fourth-order valence-corrected chi connectivity index (χ4v) is 2.50. The summed E-state index contributed by atoms with van der Waals surface area (Å²) < 4.78 is 0. The van der Waals surface area contributed by atoms with Gasteiger partial charge < -0.3 is 5.73 Å². The topological polar surface area (TPSA) is 43.1 Å². The first-order valence-electron chi connectivity index (χ1n) is 7.06. The predicted octanol–water partition coefficient (Wildman–Crippen LogP) is 4.11. The van der Waals surface area contributed by atoms with Gasteiger partial charge in [-0.3, -0.25) is 4.79 Å². The Morgan fingerprint density at radius 1 is 0.857 bits per heavy atom. The average molecular weight is 275 g/mol. The van der Waals surface area contributed by atoms with Gasteiger partial charge in [0.1, 0.15) is 0 Å². The molecule has 21 heavy (non-hydrogen) atoms. The van der Waals surface area contributed by atoms with E-state index in [1.165, 1.54) is 0 Å². The van der Waals surface area contributed by atoms with E-state index in [0.29, 0.717) is 6.42 Å². The van der Waals surface area contributed by atoms with Crippen LogP contribution in [-0.4, -0.2) is 5.78 Å². The number of carbonyl (C=O) groups is 1. The molecule has 3 rings (SSSR count). The number of hydrogen-bond acceptors (Lipinski definition) is 2. The summed E-state index contributed by atoms with van der Waals surface area (Å²) in [6.07, 6.45) is 0.322. The Kier molecular flexibility index (Phi) is 3.80. The van der Waals surface area contributed by atoms with Gasteiger partial charge >= 0.3 is 0 Å². The minimum atomic E-state index is -0.259. The molecule has 0 spiro atoms. The standard InChI is InChI=1S/C19H17NO/c20-18(15-7-2-1-3-8-15)13-19(21)17-11-10-14-6-4-5-9-16(14)12-17/h1-12,18H,13,20H2. The molecule has 0 aliphatic carbocycles. The molecule has 2 heteroatoms. The first-order valence-corrected chi connectivity index (χ1v) is 7.06. The van der Waals surface area contributed by atoms with Gasteiger partial charge in [-0.15, -0.1) is 0 Å². The Morgan fingerprint density at radius 3 is 2.29 bits per heavy atom. The van der Waals surface area contributed by atoms with Crippen molar-refractivity contribution in [2.45, 2.75) is 12.5 Å². The maximum Gasteiger partial charge on any atom is 0.164 e. The van der Waals surface area contributed by atoms with Crippen LogP contribution in [0.25, 0.3) is 10.8 Å². The summed E-state index contributed by atoms with van der Waals surface area (Å²) in [6.45, 7) is 0. The molecule has 1 atom stereocenters. The lowest BCUT2D eigenvalue weighted by Gasteiger charge is -2.11. The summed E-state index contributed by atoms with van der Waals surface area (Å²) >= 11 is 0. The number of carbonyl (C=O) groups excluding carboxylic acids is 1. The van der Waals surface area contributed by atoms with Crippen LogP contribution in [0.4, 0.5) is 0 Å². The highest BCUT2D eigenvalue weighted by Crippen LogP contribution is 2.20. The van der Waals surface area contributed by atoms with E-state index in [1.54, 1.807) is 0 Å². The third-order valence-electron chi connectivity index (χ3n) is 3.70. The Balaban J connectivity index is 1.80. The highest BCUT2D eigenvalue weighted by atomic mass is 16.1. The lowest BCUT2D eigenvalue weighted by molar-refractivity contribution is 0.0974. The molecule has 0 aromatic heterocycles. The molecule has 2 nitrogen and oxygen atoms in total. The van der Waals surface area contributed by atoms with Crippen molar-refractivity contribution in [2.24, 2.45) is 5.73 Å². The van der Waals surface area contributed by atoms with E-state index in [9.17, 15) is 4.79 Å². The van der Waals surface area contributed by atoms with Crippen LogP contribution in [0.15, 0.2) is 72.8 Å². The lowest BCUT2D eigenvalue weighted by atomic mass is 9.97. The molecule has 0 saturated heterocycles. The van der Waals surface area contributed by atoms with Gasteiger partial charge in [0.15, 0.2) is 5.78 Å². The van der Waals surface area contributed by atoms with Crippen molar-refractivity contribution in [3.05, 3.63) is 83.9 Å². The highest BCUT2D eigenvalue weighted by Gasteiger charge is 2.13. The number of nitrogens with two attached hydrogens (primary N) is 1. The molecule has 0 saturated carbocycles. The van der Waals surface area contributed by atoms with E-state index in [-0.39, 0.29) is 11.8 Å². The van der Waals surface area contributed by atoms with Crippen LogP contribution >= 0.6 is 0 Å². The molecule has 104 valence electrons. The van der Waals surface area contributed by atoms with Crippen molar-refractivity contribution >= 4 is 16.6 Å². The molecule has 0 fully saturated rings.